The number of carbonyl (C=O) groups is 2. The van der Waals surface area contributed by atoms with Gasteiger partial charge in [0.1, 0.15) is 5.54 Å². The molecule has 0 bridgehead atoms. The standard InChI is InChI=1S/C15H28N2O3/c1-11(2)17(12-8-6-5-7-9-12)13(18)10-16-15(3,4)14(19)20/h11-12,16H,5-10H2,1-4H3,(H,19,20). The number of rotatable bonds is 6. The van der Waals surface area contributed by atoms with Gasteiger partial charge in [-0.25, -0.2) is 0 Å². The Balaban J connectivity index is 2.63. The second-order valence-corrected chi connectivity index (χ2v) is 6.47. The van der Waals surface area contributed by atoms with Crippen molar-refractivity contribution >= 4 is 11.9 Å². The van der Waals surface area contributed by atoms with Crippen molar-refractivity contribution in [1.29, 1.82) is 0 Å². The summed E-state index contributed by atoms with van der Waals surface area (Å²) in [4.78, 5) is 25.4. The quantitative estimate of drug-likeness (QED) is 0.783. The number of carboxylic acid groups (broad SMARTS) is 1. The Morgan fingerprint density at radius 2 is 1.80 bits per heavy atom. The maximum absolute atomic E-state index is 12.4. The molecule has 1 aliphatic rings. The molecule has 0 aliphatic heterocycles. The van der Waals surface area contributed by atoms with Gasteiger partial charge in [-0.1, -0.05) is 19.3 Å². The van der Waals surface area contributed by atoms with Crippen LogP contribution in [0.15, 0.2) is 0 Å². The van der Waals surface area contributed by atoms with E-state index in [9.17, 15) is 9.59 Å². The molecule has 5 heteroatoms. The molecule has 0 spiro atoms. The zero-order valence-corrected chi connectivity index (χ0v) is 13.1. The first-order valence-electron chi connectivity index (χ1n) is 7.55. The van der Waals surface area contributed by atoms with Crippen LogP contribution in [0.4, 0.5) is 0 Å². The van der Waals surface area contributed by atoms with Gasteiger partial charge in [0, 0.05) is 12.1 Å². The van der Waals surface area contributed by atoms with Gasteiger partial charge in [-0.2, -0.15) is 0 Å². The molecule has 1 rings (SSSR count). The predicted octanol–water partition coefficient (Wildman–Crippen LogP) is 2.01. The Morgan fingerprint density at radius 3 is 2.25 bits per heavy atom. The predicted molar refractivity (Wildman–Crippen MR) is 78.6 cm³/mol. The molecular formula is C15H28N2O3. The molecule has 1 aliphatic carbocycles. The third-order valence-electron chi connectivity index (χ3n) is 4.03. The summed E-state index contributed by atoms with van der Waals surface area (Å²) >= 11 is 0. The van der Waals surface area contributed by atoms with Crippen LogP contribution in [0.1, 0.15) is 59.8 Å². The molecule has 116 valence electrons. The van der Waals surface area contributed by atoms with Gasteiger partial charge >= 0.3 is 5.97 Å². The van der Waals surface area contributed by atoms with E-state index in [0.29, 0.717) is 6.04 Å². The number of nitrogens with one attached hydrogen (secondary N) is 1. The van der Waals surface area contributed by atoms with Crippen molar-refractivity contribution in [2.75, 3.05) is 6.54 Å². The molecule has 0 heterocycles. The van der Waals surface area contributed by atoms with Gasteiger partial charge in [0.25, 0.3) is 0 Å². The monoisotopic (exact) mass is 284 g/mol. The van der Waals surface area contributed by atoms with Crippen LogP contribution in [-0.4, -0.2) is 46.1 Å². The Hall–Kier alpha value is -1.10. The second kappa shape index (κ2) is 7.07. The van der Waals surface area contributed by atoms with E-state index >= 15 is 0 Å². The SMILES string of the molecule is CC(C)N(C(=O)CNC(C)(C)C(=O)O)C1CCCCC1. The molecule has 0 atom stereocenters. The fourth-order valence-electron chi connectivity index (χ4n) is 2.74. The molecule has 2 N–H and O–H groups in total. The van der Waals surface area contributed by atoms with E-state index in [4.69, 9.17) is 5.11 Å². The zero-order valence-electron chi connectivity index (χ0n) is 13.1. The minimum atomic E-state index is -1.08. The minimum Gasteiger partial charge on any atom is -0.480 e. The van der Waals surface area contributed by atoms with Gasteiger partial charge < -0.3 is 10.0 Å². The fraction of sp³-hybridized carbons (Fsp3) is 0.867. The van der Waals surface area contributed by atoms with E-state index in [1.807, 2.05) is 18.7 Å². The van der Waals surface area contributed by atoms with Crippen LogP contribution in [0.3, 0.4) is 0 Å². The summed E-state index contributed by atoms with van der Waals surface area (Å²) in [5.74, 6) is -0.944. The van der Waals surface area contributed by atoms with Crippen LogP contribution >= 0.6 is 0 Å². The lowest BCUT2D eigenvalue weighted by molar-refractivity contribution is -0.144. The Bertz CT molecular complexity index is 347. The highest BCUT2D eigenvalue weighted by molar-refractivity contribution is 5.82. The molecule has 1 saturated carbocycles. The number of amides is 1. The summed E-state index contributed by atoms with van der Waals surface area (Å²) in [5, 5.41) is 11.9. The molecular weight excluding hydrogens is 256 g/mol. The largest absolute Gasteiger partial charge is 0.480 e. The van der Waals surface area contributed by atoms with Crippen LogP contribution in [0, 0.1) is 0 Å². The summed E-state index contributed by atoms with van der Waals surface area (Å²) in [6.45, 7) is 7.27. The van der Waals surface area contributed by atoms with Crippen LogP contribution < -0.4 is 5.32 Å². The van der Waals surface area contributed by atoms with Gasteiger partial charge in [0.05, 0.1) is 6.54 Å². The maximum atomic E-state index is 12.4. The van der Waals surface area contributed by atoms with E-state index in [2.05, 4.69) is 5.32 Å². The second-order valence-electron chi connectivity index (χ2n) is 6.47. The zero-order chi connectivity index (χ0) is 15.3. The van der Waals surface area contributed by atoms with Gasteiger partial charge in [-0.05, 0) is 40.5 Å². The average molecular weight is 284 g/mol. The van der Waals surface area contributed by atoms with Gasteiger partial charge in [0.2, 0.25) is 5.91 Å². The molecule has 0 aromatic carbocycles. The fourth-order valence-corrected chi connectivity index (χ4v) is 2.74. The number of aliphatic carboxylic acids is 1. The maximum Gasteiger partial charge on any atom is 0.323 e. The smallest absolute Gasteiger partial charge is 0.323 e. The van der Waals surface area contributed by atoms with Crippen molar-refractivity contribution < 1.29 is 14.7 Å². The van der Waals surface area contributed by atoms with E-state index in [-0.39, 0.29) is 18.5 Å². The van der Waals surface area contributed by atoms with Gasteiger partial charge in [-0.3, -0.25) is 14.9 Å². The van der Waals surface area contributed by atoms with Gasteiger partial charge in [-0.15, -0.1) is 0 Å². The van der Waals surface area contributed by atoms with Crippen molar-refractivity contribution in [3.05, 3.63) is 0 Å². The average Bonchev–Trinajstić information content (AvgIpc) is 2.37. The molecule has 5 nitrogen and oxygen atoms in total. The number of hydrogen-bond donors (Lipinski definition) is 2. The summed E-state index contributed by atoms with van der Waals surface area (Å²) in [6.07, 6.45) is 5.73. The molecule has 0 unspecified atom stereocenters. The van der Waals surface area contributed by atoms with Crippen LogP contribution in [0.5, 0.6) is 0 Å². The van der Waals surface area contributed by atoms with E-state index in [1.54, 1.807) is 13.8 Å². The van der Waals surface area contributed by atoms with Gasteiger partial charge in [0.15, 0.2) is 0 Å². The lowest BCUT2D eigenvalue weighted by Crippen LogP contribution is -2.54. The van der Waals surface area contributed by atoms with E-state index in [0.717, 1.165) is 12.8 Å². The normalized spacial score (nSPS) is 17.2. The summed E-state index contributed by atoms with van der Waals surface area (Å²) < 4.78 is 0. The highest BCUT2D eigenvalue weighted by Gasteiger charge is 2.31. The van der Waals surface area contributed by atoms with E-state index < -0.39 is 11.5 Å². The number of carboxylic acids is 1. The first kappa shape index (κ1) is 17.0. The Morgan fingerprint density at radius 1 is 1.25 bits per heavy atom. The van der Waals surface area contributed by atoms with Crippen LogP contribution in [0.2, 0.25) is 0 Å². The third kappa shape index (κ3) is 4.47. The van der Waals surface area contributed by atoms with Crippen molar-refractivity contribution in [2.24, 2.45) is 0 Å². The molecule has 0 aromatic rings. The topological polar surface area (TPSA) is 69.6 Å². The van der Waals surface area contributed by atoms with Crippen molar-refractivity contribution in [3.63, 3.8) is 0 Å². The van der Waals surface area contributed by atoms with Crippen molar-refractivity contribution in [3.8, 4) is 0 Å². The molecule has 1 fully saturated rings. The molecule has 0 radical (unpaired) electrons. The van der Waals surface area contributed by atoms with Crippen molar-refractivity contribution in [1.82, 2.24) is 10.2 Å². The summed E-state index contributed by atoms with van der Waals surface area (Å²) in [5.41, 5.74) is -1.08. The first-order chi connectivity index (χ1) is 9.25. The molecule has 1 amide bonds. The molecule has 0 saturated heterocycles. The van der Waals surface area contributed by atoms with Crippen LogP contribution in [0.25, 0.3) is 0 Å². The van der Waals surface area contributed by atoms with E-state index in [1.165, 1.54) is 19.3 Å². The minimum absolute atomic E-state index is 0.00113. The Labute approximate surface area is 121 Å². The summed E-state index contributed by atoms with van der Waals surface area (Å²) in [6, 6.07) is 0.464. The lowest BCUT2D eigenvalue weighted by atomic mass is 9.93. The molecule has 20 heavy (non-hydrogen) atoms. The number of hydrogen-bond acceptors (Lipinski definition) is 3. The first-order valence-corrected chi connectivity index (χ1v) is 7.55. The molecule has 0 aromatic heterocycles. The third-order valence-corrected chi connectivity index (χ3v) is 4.03. The highest BCUT2D eigenvalue weighted by atomic mass is 16.4. The summed E-state index contributed by atoms with van der Waals surface area (Å²) in [7, 11) is 0. The van der Waals surface area contributed by atoms with Crippen molar-refractivity contribution in [2.45, 2.75) is 77.4 Å². The van der Waals surface area contributed by atoms with Crippen LogP contribution in [-0.2, 0) is 9.59 Å². The highest BCUT2D eigenvalue weighted by Crippen LogP contribution is 2.24. The lowest BCUT2D eigenvalue weighted by Gasteiger charge is -2.38. The number of carbonyl (C=O) groups excluding carboxylic acids is 1. The Kier molecular flexibility index (Phi) is 5.99. The number of nitrogens with zero attached hydrogens (tertiary/aromatic N) is 1.